The van der Waals surface area contributed by atoms with Crippen LogP contribution in [0.3, 0.4) is 0 Å². The molecule has 4 aromatic rings. The third-order valence-corrected chi connectivity index (χ3v) is 5.57. The van der Waals surface area contributed by atoms with Crippen LogP contribution in [0.15, 0.2) is 64.4 Å². The van der Waals surface area contributed by atoms with Crippen molar-refractivity contribution in [3.8, 4) is 0 Å². The molecule has 0 fully saturated rings. The molecule has 0 bridgehead atoms. The number of rotatable bonds is 3. The monoisotopic (exact) mass is 353 g/mol. The van der Waals surface area contributed by atoms with Crippen LogP contribution in [0.5, 0.6) is 0 Å². The van der Waals surface area contributed by atoms with E-state index in [2.05, 4.69) is 14.7 Å². The Labute approximate surface area is 143 Å². The summed E-state index contributed by atoms with van der Waals surface area (Å²) in [4.78, 5) is 17.8. The lowest BCUT2D eigenvalue weighted by molar-refractivity contribution is 0.601. The van der Waals surface area contributed by atoms with Gasteiger partial charge in [0.15, 0.2) is 0 Å². The fraction of sp³-hybridized carbons (Fsp3) is 0.0556. The van der Waals surface area contributed by atoms with Gasteiger partial charge in [0, 0.05) is 22.5 Å². The first-order valence-electron chi connectivity index (χ1n) is 7.67. The van der Waals surface area contributed by atoms with Gasteiger partial charge in [0.25, 0.3) is 15.6 Å². The van der Waals surface area contributed by atoms with E-state index in [0.717, 1.165) is 5.56 Å². The summed E-state index contributed by atoms with van der Waals surface area (Å²) in [6.45, 7) is 1.84. The van der Waals surface area contributed by atoms with E-state index < -0.39 is 10.0 Å². The van der Waals surface area contributed by atoms with E-state index in [0.29, 0.717) is 27.5 Å². The van der Waals surface area contributed by atoms with Gasteiger partial charge in [-0.05, 0) is 42.8 Å². The SMILES string of the molecule is Cc1ccccc1NS(=O)(=O)c1ccc2[nH]c(=O)c3[nH]ccc3c2c1. The Morgan fingerprint density at radius 2 is 1.80 bits per heavy atom. The zero-order chi connectivity index (χ0) is 17.6. The first kappa shape index (κ1) is 15.5. The number of nitrogens with one attached hydrogen (secondary N) is 3. The van der Waals surface area contributed by atoms with Crippen LogP contribution in [0.4, 0.5) is 5.69 Å². The molecule has 0 radical (unpaired) electrons. The second-order valence-corrected chi connectivity index (χ2v) is 7.53. The summed E-state index contributed by atoms with van der Waals surface area (Å²) >= 11 is 0. The van der Waals surface area contributed by atoms with Crippen molar-refractivity contribution in [2.24, 2.45) is 0 Å². The Morgan fingerprint density at radius 1 is 1.00 bits per heavy atom. The van der Waals surface area contributed by atoms with Crippen LogP contribution >= 0.6 is 0 Å². The molecule has 0 unspecified atom stereocenters. The molecule has 0 amide bonds. The van der Waals surface area contributed by atoms with Crippen molar-refractivity contribution < 1.29 is 8.42 Å². The molecule has 0 aliphatic rings. The number of benzene rings is 2. The topological polar surface area (TPSA) is 94.8 Å². The van der Waals surface area contributed by atoms with Gasteiger partial charge in [-0.2, -0.15) is 0 Å². The van der Waals surface area contributed by atoms with Gasteiger partial charge in [0.05, 0.1) is 10.6 Å². The minimum Gasteiger partial charge on any atom is -0.357 e. The van der Waals surface area contributed by atoms with Crippen LogP contribution in [-0.4, -0.2) is 18.4 Å². The van der Waals surface area contributed by atoms with Crippen LogP contribution < -0.4 is 10.3 Å². The minimum absolute atomic E-state index is 0.137. The van der Waals surface area contributed by atoms with E-state index in [1.807, 2.05) is 19.1 Å². The van der Waals surface area contributed by atoms with E-state index in [9.17, 15) is 13.2 Å². The molecule has 0 spiro atoms. The van der Waals surface area contributed by atoms with Gasteiger partial charge in [0.1, 0.15) is 5.52 Å². The summed E-state index contributed by atoms with van der Waals surface area (Å²) in [6, 6.07) is 13.6. The number of anilines is 1. The van der Waals surface area contributed by atoms with Crippen LogP contribution in [0.2, 0.25) is 0 Å². The zero-order valence-corrected chi connectivity index (χ0v) is 14.1. The molecular formula is C18H15N3O3S. The van der Waals surface area contributed by atoms with E-state index in [-0.39, 0.29) is 10.5 Å². The summed E-state index contributed by atoms with van der Waals surface area (Å²) in [6.07, 6.45) is 1.66. The number of aromatic amines is 2. The minimum atomic E-state index is -3.74. The fourth-order valence-electron chi connectivity index (χ4n) is 2.88. The van der Waals surface area contributed by atoms with Gasteiger partial charge in [-0.3, -0.25) is 9.52 Å². The average molecular weight is 353 g/mol. The zero-order valence-electron chi connectivity index (χ0n) is 13.3. The molecule has 2 aromatic carbocycles. The van der Waals surface area contributed by atoms with Crippen molar-refractivity contribution in [2.45, 2.75) is 11.8 Å². The summed E-state index contributed by atoms with van der Waals surface area (Å²) in [5.74, 6) is 0. The van der Waals surface area contributed by atoms with E-state index in [1.54, 1.807) is 36.5 Å². The maximum atomic E-state index is 12.7. The van der Waals surface area contributed by atoms with Crippen LogP contribution in [0, 0.1) is 6.92 Å². The Morgan fingerprint density at radius 3 is 2.60 bits per heavy atom. The van der Waals surface area contributed by atoms with Crippen LogP contribution in [0.25, 0.3) is 21.8 Å². The number of hydrogen-bond acceptors (Lipinski definition) is 3. The van der Waals surface area contributed by atoms with Gasteiger partial charge in [-0.1, -0.05) is 18.2 Å². The Kier molecular flexibility index (Phi) is 3.40. The summed E-state index contributed by atoms with van der Waals surface area (Å²) in [7, 11) is -3.74. The molecule has 6 nitrogen and oxygen atoms in total. The first-order chi connectivity index (χ1) is 12.0. The number of aryl methyl sites for hydroxylation is 1. The molecule has 7 heteroatoms. The second kappa shape index (κ2) is 5.49. The Bertz CT molecular complexity index is 1270. The predicted octanol–water partition coefficient (Wildman–Crippen LogP) is 3.12. The molecule has 126 valence electrons. The van der Waals surface area contributed by atoms with Gasteiger partial charge >= 0.3 is 0 Å². The molecule has 0 atom stereocenters. The molecule has 2 heterocycles. The largest absolute Gasteiger partial charge is 0.357 e. The smallest absolute Gasteiger partial charge is 0.272 e. The molecule has 25 heavy (non-hydrogen) atoms. The maximum absolute atomic E-state index is 12.7. The molecule has 0 aliphatic carbocycles. The first-order valence-corrected chi connectivity index (χ1v) is 9.15. The van der Waals surface area contributed by atoms with Crippen LogP contribution in [-0.2, 0) is 10.0 Å². The molecule has 0 aliphatic heterocycles. The molecule has 0 saturated heterocycles. The highest BCUT2D eigenvalue weighted by Gasteiger charge is 2.17. The molecule has 0 saturated carbocycles. The van der Waals surface area contributed by atoms with E-state index in [4.69, 9.17) is 0 Å². The highest BCUT2D eigenvalue weighted by Crippen LogP contribution is 2.25. The maximum Gasteiger partial charge on any atom is 0.272 e. The fourth-order valence-corrected chi connectivity index (χ4v) is 4.04. The molecular weight excluding hydrogens is 338 g/mol. The van der Waals surface area contributed by atoms with Crippen molar-refractivity contribution in [3.05, 3.63) is 70.6 Å². The summed E-state index contributed by atoms with van der Waals surface area (Å²) < 4.78 is 28.1. The molecule has 3 N–H and O–H groups in total. The Balaban J connectivity index is 1.87. The van der Waals surface area contributed by atoms with Crippen molar-refractivity contribution >= 4 is 37.5 Å². The van der Waals surface area contributed by atoms with Crippen molar-refractivity contribution in [2.75, 3.05) is 4.72 Å². The second-order valence-electron chi connectivity index (χ2n) is 5.85. The van der Waals surface area contributed by atoms with Crippen molar-refractivity contribution in [3.63, 3.8) is 0 Å². The third-order valence-electron chi connectivity index (χ3n) is 4.20. The number of fused-ring (bicyclic) bond motifs is 3. The number of aromatic nitrogens is 2. The lowest BCUT2D eigenvalue weighted by atomic mass is 10.1. The quantitative estimate of drug-likeness (QED) is 0.528. The van der Waals surface area contributed by atoms with Gasteiger partial charge in [-0.15, -0.1) is 0 Å². The normalized spacial score (nSPS) is 11.9. The predicted molar refractivity (Wildman–Crippen MR) is 98.4 cm³/mol. The molecule has 2 aromatic heterocycles. The number of H-pyrrole nitrogens is 2. The lowest BCUT2D eigenvalue weighted by Gasteiger charge is -2.11. The van der Waals surface area contributed by atoms with Gasteiger partial charge in [-0.25, -0.2) is 8.42 Å². The highest BCUT2D eigenvalue weighted by atomic mass is 32.2. The highest BCUT2D eigenvalue weighted by molar-refractivity contribution is 7.92. The number of sulfonamides is 1. The summed E-state index contributed by atoms with van der Waals surface area (Å²) in [5, 5.41) is 1.36. The van der Waals surface area contributed by atoms with Gasteiger partial charge in [0.2, 0.25) is 0 Å². The third kappa shape index (κ3) is 2.58. The van der Waals surface area contributed by atoms with Crippen LogP contribution in [0.1, 0.15) is 5.56 Å². The standard InChI is InChI=1S/C18H15N3O3S/c1-11-4-2-3-5-15(11)21-25(23,24)12-6-7-16-14(10-12)13-8-9-19-17(13)18(22)20-16/h2-10,19,21H,1H3,(H,20,22). The average Bonchev–Trinajstić information content (AvgIpc) is 3.07. The van der Waals surface area contributed by atoms with E-state index >= 15 is 0 Å². The lowest BCUT2D eigenvalue weighted by Crippen LogP contribution is -2.14. The van der Waals surface area contributed by atoms with Crippen molar-refractivity contribution in [1.82, 2.24) is 9.97 Å². The Hall–Kier alpha value is -3.06. The summed E-state index contributed by atoms with van der Waals surface area (Å²) in [5.41, 5.74) is 2.15. The number of para-hydroxylation sites is 1. The number of hydrogen-bond donors (Lipinski definition) is 3. The van der Waals surface area contributed by atoms with Gasteiger partial charge < -0.3 is 9.97 Å². The molecule has 4 rings (SSSR count). The number of pyridine rings is 1. The van der Waals surface area contributed by atoms with E-state index in [1.165, 1.54) is 6.07 Å². The van der Waals surface area contributed by atoms with Crippen molar-refractivity contribution in [1.29, 1.82) is 0 Å².